The van der Waals surface area contributed by atoms with Crippen molar-refractivity contribution in [2.45, 2.75) is 195 Å². The Balaban J connectivity index is 1.25. The van der Waals surface area contributed by atoms with Crippen LogP contribution in [0, 0.1) is 0 Å². The van der Waals surface area contributed by atoms with Crippen molar-refractivity contribution < 1.29 is 77.6 Å². The predicted molar refractivity (Wildman–Crippen MR) is 437 cm³/mol. The third kappa shape index (κ3) is 28.8. The second kappa shape index (κ2) is 46.0. The van der Waals surface area contributed by atoms with Crippen LogP contribution in [-0.2, 0) is 101 Å². The predicted octanol–water partition coefficient (Wildman–Crippen LogP) is -0.992. The highest BCUT2D eigenvalue weighted by Crippen LogP contribution is 2.25. The molecule has 0 radical (unpaired) electrons. The number of benzene rings is 5. The molecule has 2 bridgehead atoms. The number of aromatic hydroxyl groups is 1. The van der Waals surface area contributed by atoms with Gasteiger partial charge in [-0.3, -0.25) is 62.3 Å². The highest BCUT2D eigenvalue weighted by atomic mass is 33.1. The Kier molecular flexibility index (Phi) is 35.9. The summed E-state index contributed by atoms with van der Waals surface area (Å²) >= 11 is 0. The van der Waals surface area contributed by atoms with Crippen LogP contribution in [0.15, 0.2) is 140 Å². The molecule has 5 aromatic carbocycles. The minimum Gasteiger partial charge on any atom is -0.508 e. The Hall–Kier alpha value is -11.0. The van der Waals surface area contributed by atoms with E-state index in [1.54, 1.807) is 115 Å². The van der Waals surface area contributed by atoms with Gasteiger partial charge in [0.1, 0.15) is 72.2 Å². The number of carbonyl (C=O) groups is 13. The van der Waals surface area contributed by atoms with E-state index < -0.39 is 175 Å². The van der Waals surface area contributed by atoms with Gasteiger partial charge in [-0.25, -0.2) is 0 Å². The number of phenolic OH excluding ortho intramolecular Hbond substituents is 1. The number of nitrogens with two attached hydrogens (primary N) is 3. The molecule has 6 aromatic rings. The number of aromatic nitrogens is 1. The third-order valence-electron chi connectivity index (χ3n) is 19.6. The number of amides is 13. The van der Waals surface area contributed by atoms with E-state index in [0.717, 1.165) is 27.2 Å². The molecule has 2 saturated heterocycles. The zero-order valence-corrected chi connectivity index (χ0v) is 66.6. The number of phenols is 1. The molecule has 33 nitrogen and oxygen atoms in total. The largest absolute Gasteiger partial charge is 0.508 e. The van der Waals surface area contributed by atoms with Gasteiger partial charge in [-0.1, -0.05) is 151 Å². The maximum atomic E-state index is 15.6. The van der Waals surface area contributed by atoms with Gasteiger partial charge in [-0.05, 0) is 116 Å². The molecule has 23 N–H and O–H groups in total. The quantitative estimate of drug-likeness (QED) is 0.0286. The number of para-hydroxylation sites is 1. The summed E-state index contributed by atoms with van der Waals surface area (Å²) in [6.07, 6.45) is -1.68. The molecule has 35 heteroatoms. The molecule has 116 heavy (non-hydrogen) atoms. The SMILES string of the molecule is CC(C)NCc1ccc(C[C@@H]2NC(=O)[C@@H](Cc3c[nH]c4ccccc34)NC(=O)[C@@H]3CCC(=O)NCCCC[C@H](NC(=O)[C@H](Cc4ccccc4)NC(=O)[C@H]([C@@H](C)O)NC2=O)C(=O)N[C@@H](CO)C(=O)N[C@H](C(N)=O)CSSC[C@H](NC(=O)[C@@H](N)Cc2ccc(O)cc2)C(=O)N[C@@H](CCCCN)C(=O)N[C@@H](Cc2ccccc2)C(=O)N3)cc1. The fraction of sp³-hybridized carbons (Fsp3) is 0.444. The van der Waals surface area contributed by atoms with Crippen LogP contribution in [0.25, 0.3) is 10.9 Å². The van der Waals surface area contributed by atoms with E-state index in [4.69, 9.17) is 17.2 Å². The van der Waals surface area contributed by atoms with Crippen molar-refractivity contribution in [2.24, 2.45) is 17.2 Å². The lowest BCUT2D eigenvalue weighted by atomic mass is 9.99. The van der Waals surface area contributed by atoms with Crippen LogP contribution >= 0.6 is 21.6 Å². The summed E-state index contributed by atoms with van der Waals surface area (Å²) in [5.74, 6) is -13.3. The number of aliphatic hydroxyl groups excluding tert-OH is 2. The molecule has 3 heterocycles. The van der Waals surface area contributed by atoms with E-state index in [9.17, 15) is 48.9 Å². The van der Waals surface area contributed by atoms with Gasteiger partial charge >= 0.3 is 0 Å². The van der Waals surface area contributed by atoms with Crippen molar-refractivity contribution in [1.82, 2.24) is 74.1 Å². The van der Waals surface area contributed by atoms with Crippen LogP contribution < -0.4 is 86.3 Å². The maximum absolute atomic E-state index is 15.6. The van der Waals surface area contributed by atoms with Gasteiger partial charge in [0.25, 0.3) is 0 Å². The fourth-order valence-electron chi connectivity index (χ4n) is 12.9. The summed E-state index contributed by atoms with van der Waals surface area (Å²) < 4.78 is 0. The molecule has 0 unspecified atom stereocenters. The normalized spacial score (nSPS) is 23.5. The third-order valence-corrected chi connectivity index (χ3v) is 22.0. The lowest BCUT2D eigenvalue weighted by Gasteiger charge is -2.29. The average molecular weight is 1640 g/mol. The summed E-state index contributed by atoms with van der Waals surface area (Å²) in [5, 5.41) is 68.3. The molecule has 2 aliphatic rings. The zero-order valence-electron chi connectivity index (χ0n) is 65.0. The van der Waals surface area contributed by atoms with Gasteiger partial charge in [-0.15, -0.1) is 0 Å². The summed E-state index contributed by atoms with van der Waals surface area (Å²) in [7, 11) is 1.83. The number of unbranched alkanes of at least 4 members (excludes halogenated alkanes) is 1. The highest BCUT2D eigenvalue weighted by molar-refractivity contribution is 8.76. The topological polar surface area (TPSA) is 533 Å². The molecule has 1 aromatic heterocycles. The fourth-order valence-corrected chi connectivity index (χ4v) is 15.3. The standard InChI is InChI=1S/C81H107N17O16S2/c1-46(2)86-41-52-26-24-51(25-27-52)39-63-78(111)98-69(47(3)100)81(114)94-62(38-49-18-8-5-9-19-49)76(109)88-59-23-13-15-35-85-68(102)33-32-60(74(107)93-64(77(110)92-63)40-53-42-87-57-21-11-10-20-55(53)57)90-75(108)61(37-48-16-6-4-7-17-48)91-72(105)58(22-12-14-34-82)89-80(113)67(97-71(104)56(83)36-50-28-30-54(101)31-29-50)45-116-115-44-66(70(84)103)96-79(112)65(43-99)95-73(59)106/h4-11,16-21,24-31,42,46-47,56,58-67,69,86-87,99-101H,12-15,22-23,32-41,43-45,82-83H2,1-3H3,(H2,84,103)(H,85,102)(H,88,109)(H,89,113)(H,90,108)(H,91,105)(H,92,110)(H,93,107)(H,94,114)(H,95,106)(H,96,112)(H,97,104)(H,98,111)/t47-,56+,58+,59+,60+,61+,62+,63+,64-,65+,66+,67+,69+/m1/s1. The number of hydrogen-bond donors (Lipinski definition) is 20. The van der Waals surface area contributed by atoms with Crippen molar-refractivity contribution in [2.75, 3.05) is 31.2 Å². The molecule has 13 atom stereocenters. The molecule has 2 aliphatic heterocycles. The number of hydrogen-bond acceptors (Lipinski definition) is 21. The summed E-state index contributed by atoms with van der Waals surface area (Å²) in [5.41, 5.74) is 22.3. The van der Waals surface area contributed by atoms with Crippen molar-refractivity contribution in [1.29, 1.82) is 0 Å². The number of fused-ring (bicyclic) bond motifs is 10. The molecular formula is C81H107N17O16S2. The smallest absolute Gasteiger partial charge is 0.245 e. The molecule has 2 fully saturated rings. The molecule has 0 spiro atoms. The van der Waals surface area contributed by atoms with E-state index in [1.807, 2.05) is 26.0 Å². The number of carbonyl (C=O) groups excluding carboxylic acids is 13. The van der Waals surface area contributed by atoms with E-state index in [1.165, 1.54) is 19.1 Å². The van der Waals surface area contributed by atoms with Crippen molar-refractivity contribution >= 4 is 109 Å². The van der Waals surface area contributed by atoms with Gasteiger partial charge in [0, 0.05) is 79.8 Å². The Labute approximate surface area is 680 Å². The average Bonchev–Trinajstić information content (AvgIpc) is 1.66. The first kappa shape index (κ1) is 90.6. The Morgan fingerprint density at radius 1 is 0.526 bits per heavy atom. The molecule has 0 saturated carbocycles. The zero-order chi connectivity index (χ0) is 83.8. The molecule has 8 rings (SSSR count). The first-order valence-corrected chi connectivity index (χ1v) is 41.2. The Morgan fingerprint density at radius 3 is 1.62 bits per heavy atom. The maximum Gasteiger partial charge on any atom is 0.245 e. The second-order valence-corrected chi connectivity index (χ2v) is 31.7. The van der Waals surface area contributed by atoms with Crippen LogP contribution in [0.5, 0.6) is 5.75 Å². The van der Waals surface area contributed by atoms with Crippen molar-refractivity contribution in [3.63, 3.8) is 0 Å². The van der Waals surface area contributed by atoms with Gasteiger partial charge in [0.05, 0.1) is 18.8 Å². The van der Waals surface area contributed by atoms with Crippen LogP contribution in [0.2, 0.25) is 0 Å². The van der Waals surface area contributed by atoms with E-state index in [-0.39, 0.29) is 101 Å². The monoisotopic (exact) mass is 1640 g/mol. The lowest BCUT2D eigenvalue weighted by molar-refractivity contribution is -0.137. The van der Waals surface area contributed by atoms with Crippen LogP contribution in [0.4, 0.5) is 0 Å². The number of aromatic amines is 1. The summed E-state index contributed by atoms with van der Waals surface area (Å²) in [4.78, 5) is 195. The number of H-pyrrole nitrogens is 1. The minimum atomic E-state index is -1.87. The number of primary amides is 1. The Bertz CT molecular complexity index is 4320. The van der Waals surface area contributed by atoms with Crippen LogP contribution in [0.1, 0.15) is 106 Å². The second-order valence-electron chi connectivity index (χ2n) is 29.1. The summed E-state index contributed by atoms with van der Waals surface area (Å²) in [6, 6.07) is 17.9. The Morgan fingerprint density at radius 2 is 1.03 bits per heavy atom. The van der Waals surface area contributed by atoms with Gasteiger partial charge < -0.3 is 107 Å². The lowest BCUT2D eigenvalue weighted by Crippen LogP contribution is -2.63. The van der Waals surface area contributed by atoms with Gasteiger partial charge in [0.15, 0.2) is 0 Å². The van der Waals surface area contributed by atoms with Crippen molar-refractivity contribution in [3.05, 3.63) is 173 Å². The highest BCUT2D eigenvalue weighted by Gasteiger charge is 2.39. The van der Waals surface area contributed by atoms with Crippen LogP contribution in [-0.4, -0.2) is 213 Å². The first-order valence-electron chi connectivity index (χ1n) is 38.8. The van der Waals surface area contributed by atoms with Crippen LogP contribution in [0.3, 0.4) is 0 Å². The van der Waals surface area contributed by atoms with Crippen molar-refractivity contribution in [3.8, 4) is 5.75 Å². The van der Waals surface area contributed by atoms with E-state index >= 15 is 28.8 Å². The molecule has 624 valence electrons. The van der Waals surface area contributed by atoms with E-state index in [2.05, 4.69) is 74.1 Å². The van der Waals surface area contributed by atoms with E-state index in [0.29, 0.717) is 51.7 Å². The minimum absolute atomic E-state index is 0.0431. The van der Waals surface area contributed by atoms with Gasteiger partial charge in [-0.2, -0.15) is 0 Å². The molecule has 13 amide bonds. The first-order chi connectivity index (χ1) is 55.6. The molecular weight excluding hydrogens is 1530 g/mol. The number of aliphatic hydroxyl groups is 2. The summed E-state index contributed by atoms with van der Waals surface area (Å²) in [6.45, 7) is 4.66. The molecule has 0 aliphatic carbocycles. The number of nitrogens with one attached hydrogen (secondary N) is 14. The number of rotatable bonds is 22. The van der Waals surface area contributed by atoms with Gasteiger partial charge in [0.2, 0.25) is 76.8 Å².